The summed E-state index contributed by atoms with van der Waals surface area (Å²) >= 11 is 0. The minimum absolute atomic E-state index is 0. The van der Waals surface area contributed by atoms with E-state index in [1.165, 1.54) is 44.5 Å². The summed E-state index contributed by atoms with van der Waals surface area (Å²) in [5.74, 6) is 1.71. The largest absolute Gasteiger partial charge is 0.381 e. The van der Waals surface area contributed by atoms with Crippen LogP contribution >= 0.6 is 24.0 Å². The third-order valence-corrected chi connectivity index (χ3v) is 7.09. The molecule has 2 fully saturated rings. The van der Waals surface area contributed by atoms with E-state index < -0.39 is 0 Å². The molecule has 0 amide bonds. The molecule has 2 saturated heterocycles. The van der Waals surface area contributed by atoms with Crippen molar-refractivity contribution in [1.82, 2.24) is 15.5 Å². The van der Waals surface area contributed by atoms with Gasteiger partial charge in [0.2, 0.25) is 0 Å². The average Bonchev–Trinajstić information content (AvgIpc) is 3.30. The third-order valence-electron chi connectivity index (χ3n) is 7.09. The zero-order valence-corrected chi connectivity index (χ0v) is 22.1. The molecule has 3 rings (SSSR count). The topological polar surface area (TPSA) is 48.9 Å². The highest BCUT2D eigenvalue weighted by molar-refractivity contribution is 14.0. The fourth-order valence-electron chi connectivity index (χ4n) is 4.86. The summed E-state index contributed by atoms with van der Waals surface area (Å²) in [5, 5.41) is 7.21. The van der Waals surface area contributed by atoms with E-state index in [9.17, 15) is 0 Å². The van der Waals surface area contributed by atoms with Gasteiger partial charge in [-0.3, -0.25) is 4.99 Å². The number of piperidine rings is 1. The lowest BCUT2D eigenvalue weighted by Crippen LogP contribution is -2.49. The first-order valence-corrected chi connectivity index (χ1v) is 12.1. The number of benzene rings is 1. The predicted molar refractivity (Wildman–Crippen MR) is 142 cm³/mol. The molecule has 0 aromatic heterocycles. The Balaban J connectivity index is 0.00000341. The van der Waals surface area contributed by atoms with Gasteiger partial charge in [-0.2, -0.15) is 0 Å². The Kier molecular flexibility index (Phi) is 11.6. The van der Waals surface area contributed by atoms with Gasteiger partial charge >= 0.3 is 0 Å². The van der Waals surface area contributed by atoms with Crippen LogP contribution < -0.4 is 10.6 Å². The lowest BCUT2D eigenvalue weighted by molar-refractivity contribution is 0.150. The van der Waals surface area contributed by atoms with Gasteiger partial charge in [-0.15, -0.1) is 24.0 Å². The van der Waals surface area contributed by atoms with Crippen LogP contribution in [0.15, 0.2) is 35.3 Å². The number of halogens is 1. The highest BCUT2D eigenvalue weighted by Gasteiger charge is 2.29. The maximum Gasteiger partial charge on any atom is 0.191 e. The summed E-state index contributed by atoms with van der Waals surface area (Å²) < 4.78 is 5.54. The molecule has 0 bridgehead atoms. The zero-order chi connectivity index (χ0) is 21.2. The van der Waals surface area contributed by atoms with Crippen molar-refractivity contribution in [2.45, 2.75) is 64.3 Å². The van der Waals surface area contributed by atoms with E-state index in [0.717, 1.165) is 51.0 Å². The Morgan fingerprint density at radius 1 is 1.10 bits per heavy atom. The number of hydrogen-bond acceptors (Lipinski definition) is 3. The first kappa shape index (κ1) is 26.4. The summed E-state index contributed by atoms with van der Waals surface area (Å²) in [6.45, 7) is 13.9. The molecule has 6 heteroatoms. The quantitative estimate of drug-likeness (QED) is 0.276. The molecule has 0 radical (unpaired) electrons. The second kappa shape index (κ2) is 13.6. The third kappa shape index (κ3) is 7.60. The van der Waals surface area contributed by atoms with Gasteiger partial charge in [-0.1, -0.05) is 44.2 Å². The van der Waals surface area contributed by atoms with E-state index in [-0.39, 0.29) is 29.4 Å². The van der Waals surface area contributed by atoms with Crippen LogP contribution in [-0.2, 0) is 10.2 Å². The van der Waals surface area contributed by atoms with E-state index in [1.807, 2.05) is 0 Å². The zero-order valence-electron chi connectivity index (χ0n) is 19.7. The molecule has 31 heavy (non-hydrogen) atoms. The van der Waals surface area contributed by atoms with Crippen molar-refractivity contribution in [2.75, 3.05) is 45.9 Å². The van der Waals surface area contributed by atoms with Gasteiger partial charge in [-0.05, 0) is 50.5 Å². The Morgan fingerprint density at radius 2 is 1.81 bits per heavy atom. The smallest absolute Gasteiger partial charge is 0.191 e. The lowest BCUT2D eigenvalue weighted by Gasteiger charge is -2.35. The molecule has 2 aliphatic heterocycles. The number of rotatable bonds is 9. The van der Waals surface area contributed by atoms with Gasteiger partial charge < -0.3 is 20.3 Å². The minimum atomic E-state index is 0. The van der Waals surface area contributed by atoms with Gasteiger partial charge in [0, 0.05) is 44.2 Å². The van der Waals surface area contributed by atoms with Crippen molar-refractivity contribution in [3.8, 4) is 0 Å². The standard InChI is InChI=1S/C25H42N4O.HI/c1-4-25(5-2,22-10-8-7-9-11-22)20-27-24(26-6-3)28-23-12-15-29(16-13-23)18-21-14-17-30-19-21;/h7-11,21,23H,4-6,12-20H2,1-3H3,(H2,26,27,28);1H. The van der Waals surface area contributed by atoms with Crippen LogP contribution in [0.1, 0.15) is 58.4 Å². The molecular formula is C25H43IN4O. The van der Waals surface area contributed by atoms with Crippen molar-refractivity contribution in [3.05, 3.63) is 35.9 Å². The van der Waals surface area contributed by atoms with Crippen molar-refractivity contribution >= 4 is 29.9 Å². The Hall–Kier alpha value is -0.860. The molecule has 0 saturated carbocycles. The normalized spacial score (nSPS) is 21.0. The summed E-state index contributed by atoms with van der Waals surface area (Å²) in [6, 6.07) is 11.4. The van der Waals surface area contributed by atoms with Crippen LogP contribution in [-0.4, -0.2) is 62.8 Å². The van der Waals surface area contributed by atoms with E-state index in [0.29, 0.717) is 6.04 Å². The molecule has 5 nitrogen and oxygen atoms in total. The Bertz CT molecular complexity index is 636. The van der Waals surface area contributed by atoms with Crippen LogP contribution in [0.5, 0.6) is 0 Å². The van der Waals surface area contributed by atoms with Crippen molar-refractivity contribution in [2.24, 2.45) is 10.9 Å². The summed E-state index contributed by atoms with van der Waals surface area (Å²) in [7, 11) is 0. The van der Waals surface area contributed by atoms with Crippen LogP contribution in [0.3, 0.4) is 0 Å². The number of likely N-dealkylation sites (tertiary alicyclic amines) is 1. The van der Waals surface area contributed by atoms with E-state index in [2.05, 4.69) is 66.6 Å². The second-order valence-electron chi connectivity index (χ2n) is 9.00. The predicted octanol–water partition coefficient (Wildman–Crippen LogP) is 4.42. The fourth-order valence-corrected chi connectivity index (χ4v) is 4.86. The van der Waals surface area contributed by atoms with Crippen molar-refractivity contribution in [3.63, 3.8) is 0 Å². The van der Waals surface area contributed by atoms with E-state index in [1.54, 1.807) is 0 Å². The molecular weight excluding hydrogens is 499 g/mol. The Morgan fingerprint density at radius 3 is 2.39 bits per heavy atom. The van der Waals surface area contributed by atoms with Gasteiger partial charge in [-0.25, -0.2) is 0 Å². The number of nitrogens with one attached hydrogen (secondary N) is 2. The highest BCUT2D eigenvalue weighted by atomic mass is 127. The summed E-state index contributed by atoms with van der Waals surface area (Å²) in [5.41, 5.74) is 1.51. The maximum atomic E-state index is 5.54. The fraction of sp³-hybridized carbons (Fsp3) is 0.720. The van der Waals surface area contributed by atoms with Crippen LogP contribution in [0, 0.1) is 5.92 Å². The van der Waals surface area contributed by atoms with Crippen LogP contribution in [0.2, 0.25) is 0 Å². The minimum Gasteiger partial charge on any atom is -0.381 e. The lowest BCUT2D eigenvalue weighted by atomic mass is 9.76. The summed E-state index contributed by atoms with van der Waals surface area (Å²) in [6.07, 6.45) is 5.79. The molecule has 2 aliphatic rings. The Labute approximate surface area is 206 Å². The van der Waals surface area contributed by atoms with Crippen molar-refractivity contribution in [1.29, 1.82) is 0 Å². The number of ether oxygens (including phenoxy) is 1. The molecule has 1 unspecified atom stereocenters. The molecule has 0 aliphatic carbocycles. The first-order valence-electron chi connectivity index (χ1n) is 12.1. The molecule has 1 atom stereocenters. The van der Waals surface area contributed by atoms with Gasteiger partial charge in [0.1, 0.15) is 0 Å². The van der Waals surface area contributed by atoms with Crippen molar-refractivity contribution < 1.29 is 4.74 Å². The average molecular weight is 543 g/mol. The number of nitrogens with zero attached hydrogens (tertiary/aromatic N) is 2. The highest BCUT2D eigenvalue weighted by Crippen LogP contribution is 2.32. The number of hydrogen-bond donors (Lipinski definition) is 2. The first-order chi connectivity index (χ1) is 14.7. The van der Waals surface area contributed by atoms with Crippen LogP contribution in [0.4, 0.5) is 0 Å². The SMILES string of the molecule is CCNC(=NCC(CC)(CC)c1ccccc1)NC1CCN(CC2CCOC2)CC1.I. The molecule has 2 heterocycles. The van der Waals surface area contributed by atoms with Gasteiger partial charge in [0.25, 0.3) is 0 Å². The molecule has 1 aromatic carbocycles. The second-order valence-corrected chi connectivity index (χ2v) is 9.00. The van der Waals surface area contributed by atoms with Gasteiger partial charge in [0.05, 0.1) is 13.2 Å². The molecule has 176 valence electrons. The summed E-state index contributed by atoms with van der Waals surface area (Å²) in [4.78, 5) is 7.69. The molecule has 0 spiro atoms. The van der Waals surface area contributed by atoms with E-state index >= 15 is 0 Å². The van der Waals surface area contributed by atoms with Crippen LogP contribution in [0.25, 0.3) is 0 Å². The monoisotopic (exact) mass is 542 g/mol. The molecule has 1 aromatic rings. The maximum absolute atomic E-state index is 5.54. The van der Waals surface area contributed by atoms with Gasteiger partial charge in [0.15, 0.2) is 5.96 Å². The molecule has 2 N–H and O–H groups in total. The number of aliphatic imine (C=N–C) groups is 1. The number of guanidine groups is 1. The van der Waals surface area contributed by atoms with E-state index in [4.69, 9.17) is 9.73 Å².